The highest BCUT2D eigenvalue weighted by atomic mass is 35.5. The Bertz CT molecular complexity index is 233. The fourth-order valence-electron chi connectivity index (χ4n) is 0.897. The van der Waals surface area contributed by atoms with E-state index in [4.69, 9.17) is 11.6 Å². The number of alkyl halides is 1. The van der Waals surface area contributed by atoms with Crippen molar-refractivity contribution in [3.63, 3.8) is 0 Å². The molecule has 0 spiro atoms. The van der Waals surface area contributed by atoms with Crippen LogP contribution in [0.5, 0.6) is 0 Å². The summed E-state index contributed by atoms with van der Waals surface area (Å²) in [6.07, 6.45) is 3.69. The molecule has 11 heavy (non-hydrogen) atoms. The van der Waals surface area contributed by atoms with E-state index in [1.54, 1.807) is 6.20 Å². The van der Waals surface area contributed by atoms with Gasteiger partial charge in [0.05, 0.1) is 0 Å². The average molecular weight is 170 g/mol. The van der Waals surface area contributed by atoms with Crippen LogP contribution in [0.15, 0.2) is 18.5 Å². The zero-order valence-corrected chi connectivity index (χ0v) is 7.60. The molecule has 0 saturated carbocycles. The summed E-state index contributed by atoms with van der Waals surface area (Å²) in [5.74, 6) is 1.08. The minimum atomic E-state index is 0.533. The second kappa shape index (κ2) is 3.72. The molecule has 0 N–H and O–H groups in total. The van der Waals surface area contributed by atoms with Crippen LogP contribution in [0.3, 0.4) is 0 Å². The largest absolute Gasteiger partial charge is 0.264 e. The summed E-state index contributed by atoms with van der Waals surface area (Å²) in [5.41, 5.74) is 2.35. The van der Waals surface area contributed by atoms with Crippen LogP contribution < -0.4 is 0 Å². The normalized spacial score (nSPS) is 10.5. The van der Waals surface area contributed by atoms with Gasteiger partial charge in [-0.15, -0.1) is 11.6 Å². The Balaban J connectivity index is 2.91. The molecule has 0 saturated heterocycles. The van der Waals surface area contributed by atoms with Crippen LogP contribution in [0.2, 0.25) is 0 Å². The molecule has 0 aliphatic rings. The Labute approximate surface area is 72.4 Å². The Hall–Kier alpha value is -0.560. The molecular formula is C9H12ClN. The number of rotatable bonds is 2. The van der Waals surface area contributed by atoms with Crippen molar-refractivity contribution in [2.75, 3.05) is 0 Å². The molecule has 0 bridgehead atoms. The smallest absolute Gasteiger partial charge is 0.0489 e. The van der Waals surface area contributed by atoms with Crippen molar-refractivity contribution in [2.24, 2.45) is 0 Å². The van der Waals surface area contributed by atoms with Gasteiger partial charge in [-0.1, -0.05) is 19.9 Å². The maximum Gasteiger partial charge on any atom is 0.0489 e. The van der Waals surface area contributed by atoms with Crippen molar-refractivity contribution in [3.8, 4) is 0 Å². The van der Waals surface area contributed by atoms with Gasteiger partial charge in [0.15, 0.2) is 0 Å². The fourth-order valence-corrected chi connectivity index (χ4v) is 1.04. The third-order valence-electron chi connectivity index (χ3n) is 1.64. The number of hydrogen-bond donors (Lipinski definition) is 0. The summed E-state index contributed by atoms with van der Waals surface area (Å²) < 4.78 is 0. The minimum absolute atomic E-state index is 0.533. The summed E-state index contributed by atoms with van der Waals surface area (Å²) in [5, 5.41) is 0. The number of hydrogen-bond acceptors (Lipinski definition) is 1. The van der Waals surface area contributed by atoms with Crippen molar-refractivity contribution in [1.29, 1.82) is 0 Å². The lowest BCUT2D eigenvalue weighted by atomic mass is 10.0. The Morgan fingerprint density at radius 3 is 2.73 bits per heavy atom. The summed E-state index contributed by atoms with van der Waals surface area (Å²) in [7, 11) is 0. The van der Waals surface area contributed by atoms with E-state index >= 15 is 0 Å². The van der Waals surface area contributed by atoms with Crippen LogP contribution in [-0.4, -0.2) is 4.98 Å². The highest BCUT2D eigenvalue weighted by Gasteiger charge is 1.99. The van der Waals surface area contributed by atoms with Crippen molar-refractivity contribution < 1.29 is 0 Å². The van der Waals surface area contributed by atoms with Crippen molar-refractivity contribution >= 4 is 11.6 Å². The van der Waals surface area contributed by atoms with E-state index in [-0.39, 0.29) is 0 Å². The predicted octanol–water partition coefficient (Wildman–Crippen LogP) is 2.94. The van der Waals surface area contributed by atoms with Gasteiger partial charge in [-0.25, -0.2) is 0 Å². The predicted molar refractivity (Wildman–Crippen MR) is 47.9 cm³/mol. The van der Waals surface area contributed by atoms with Gasteiger partial charge in [-0.3, -0.25) is 4.98 Å². The molecule has 1 nitrogen and oxygen atoms in total. The number of aromatic nitrogens is 1. The molecule has 0 atom stereocenters. The van der Waals surface area contributed by atoms with Gasteiger partial charge in [-0.05, 0) is 17.0 Å². The Morgan fingerprint density at radius 1 is 1.45 bits per heavy atom. The van der Waals surface area contributed by atoms with E-state index in [1.807, 2.05) is 6.20 Å². The first-order chi connectivity index (χ1) is 5.24. The fraction of sp³-hybridized carbons (Fsp3) is 0.444. The van der Waals surface area contributed by atoms with Crippen LogP contribution in [0, 0.1) is 0 Å². The Kier molecular flexibility index (Phi) is 2.89. The Morgan fingerprint density at radius 2 is 2.18 bits per heavy atom. The quantitative estimate of drug-likeness (QED) is 0.621. The van der Waals surface area contributed by atoms with Crippen LogP contribution >= 0.6 is 11.6 Å². The lowest BCUT2D eigenvalue weighted by molar-refractivity contribution is 0.855. The molecule has 1 rings (SSSR count). The lowest BCUT2D eigenvalue weighted by Gasteiger charge is -2.04. The van der Waals surface area contributed by atoms with E-state index in [9.17, 15) is 0 Å². The summed E-state index contributed by atoms with van der Waals surface area (Å²) in [6.45, 7) is 4.30. The van der Waals surface area contributed by atoms with E-state index in [0.717, 1.165) is 5.56 Å². The van der Waals surface area contributed by atoms with Gasteiger partial charge < -0.3 is 0 Å². The zero-order chi connectivity index (χ0) is 8.27. The molecule has 1 heterocycles. The van der Waals surface area contributed by atoms with E-state index in [0.29, 0.717) is 11.8 Å². The molecule has 2 heteroatoms. The molecule has 0 amide bonds. The van der Waals surface area contributed by atoms with Gasteiger partial charge >= 0.3 is 0 Å². The molecule has 0 fully saturated rings. The first-order valence-electron chi connectivity index (χ1n) is 3.74. The van der Waals surface area contributed by atoms with Crippen molar-refractivity contribution in [2.45, 2.75) is 25.6 Å². The lowest BCUT2D eigenvalue weighted by Crippen LogP contribution is -1.90. The molecule has 1 aromatic rings. The third kappa shape index (κ3) is 2.19. The first kappa shape index (κ1) is 8.54. The van der Waals surface area contributed by atoms with Gasteiger partial charge in [0.1, 0.15) is 0 Å². The first-order valence-corrected chi connectivity index (χ1v) is 4.27. The van der Waals surface area contributed by atoms with Crippen LogP contribution in [0.1, 0.15) is 30.9 Å². The molecule has 0 aromatic carbocycles. The second-order valence-electron chi connectivity index (χ2n) is 2.91. The van der Waals surface area contributed by atoms with Crippen LogP contribution in [0.4, 0.5) is 0 Å². The second-order valence-corrected chi connectivity index (χ2v) is 3.18. The van der Waals surface area contributed by atoms with E-state index < -0.39 is 0 Å². The van der Waals surface area contributed by atoms with Gasteiger partial charge in [0.2, 0.25) is 0 Å². The molecule has 1 aromatic heterocycles. The van der Waals surface area contributed by atoms with Crippen LogP contribution in [-0.2, 0) is 5.88 Å². The topological polar surface area (TPSA) is 12.9 Å². The van der Waals surface area contributed by atoms with Crippen molar-refractivity contribution in [3.05, 3.63) is 29.6 Å². The maximum atomic E-state index is 5.66. The summed E-state index contributed by atoms with van der Waals surface area (Å²) in [4.78, 5) is 4.09. The molecule has 60 valence electrons. The highest BCUT2D eigenvalue weighted by molar-refractivity contribution is 6.17. The number of halogens is 1. The molecule has 0 aliphatic heterocycles. The van der Waals surface area contributed by atoms with Gasteiger partial charge in [0, 0.05) is 18.3 Å². The standard InChI is InChI=1S/C9H12ClN/c1-7(2)9-3-8(4-10)5-11-6-9/h3,5-7H,4H2,1-2H3. The molecule has 0 unspecified atom stereocenters. The highest BCUT2D eigenvalue weighted by Crippen LogP contribution is 2.14. The number of pyridine rings is 1. The SMILES string of the molecule is CC(C)c1cncc(CCl)c1. The number of nitrogens with zero attached hydrogens (tertiary/aromatic N) is 1. The summed E-state index contributed by atoms with van der Waals surface area (Å²) in [6, 6.07) is 2.10. The monoisotopic (exact) mass is 169 g/mol. The van der Waals surface area contributed by atoms with E-state index in [1.165, 1.54) is 5.56 Å². The third-order valence-corrected chi connectivity index (χ3v) is 1.95. The zero-order valence-electron chi connectivity index (χ0n) is 6.84. The molecule has 0 aliphatic carbocycles. The van der Waals surface area contributed by atoms with Crippen molar-refractivity contribution in [1.82, 2.24) is 4.98 Å². The maximum absolute atomic E-state index is 5.66. The summed E-state index contributed by atoms with van der Waals surface area (Å²) >= 11 is 5.66. The van der Waals surface area contributed by atoms with E-state index in [2.05, 4.69) is 24.9 Å². The van der Waals surface area contributed by atoms with Crippen LogP contribution in [0.25, 0.3) is 0 Å². The average Bonchev–Trinajstić information content (AvgIpc) is 2.05. The molecular weight excluding hydrogens is 158 g/mol. The van der Waals surface area contributed by atoms with Gasteiger partial charge in [0.25, 0.3) is 0 Å². The minimum Gasteiger partial charge on any atom is -0.264 e. The van der Waals surface area contributed by atoms with Gasteiger partial charge in [-0.2, -0.15) is 0 Å². The molecule has 0 radical (unpaired) electrons.